The van der Waals surface area contributed by atoms with Crippen molar-refractivity contribution in [2.24, 2.45) is 0 Å². The number of hydrogen-bond acceptors (Lipinski definition) is 6. The Hall–Kier alpha value is -3.05. The summed E-state index contributed by atoms with van der Waals surface area (Å²) in [6.45, 7) is 0. The molecule has 2 aliphatic heterocycles. The number of pyridine rings is 1. The third kappa shape index (κ3) is 2.47. The zero-order valence-electron chi connectivity index (χ0n) is 14.5. The molecule has 2 aliphatic rings. The van der Waals surface area contributed by atoms with Gasteiger partial charge in [0, 0.05) is 11.8 Å². The van der Waals surface area contributed by atoms with E-state index >= 15 is 0 Å². The van der Waals surface area contributed by atoms with Crippen LogP contribution in [0.25, 0.3) is 0 Å². The molecule has 11 heteroatoms. The van der Waals surface area contributed by atoms with Crippen LogP contribution in [0.2, 0.25) is 0 Å². The van der Waals surface area contributed by atoms with Gasteiger partial charge in [0.05, 0.1) is 24.0 Å². The highest BCUT2D eigenvalue weighted by molar-refractivity contribution is 7.89. The Morgan fingerprint density at radius 2 is 1.69 bits per heavy atom. The maximum atomic E-state index is 13.0. The predicted molar refractivity (Wildman–Crippen MR) is 95.0 cm³/mol. The quantitative estimate of drug-likeness (QED) is 0.665. The fraction of sp³-hybridized carbons (Fsp3) is 0.167. The van der Waals surface area contributed by atoms with Gasteiger partial charge >= 0.3 is 6.18 Å². The number of fused-ring (bicyclic) bond motifs is 7. The summed E-state index contributed by atoms with van der Waals surface area (Å²) >= 11 is 0. The Kier molecular flexibility index (Phi) is 3.56. The van der Waals surface area contributed by atoms with Crippen molar-refractivity contribution in [3.05, 3.63) is 76.9 Å². The number of nitrogens with one attached hydrogen (secondary N) is 2. The summed E-state index contributed by atoms with van der Waals surface area (Å²) < 4.78 is 65.0. The average molecular weight is 419 g/mol. The molecule has 2 bridgehead atoms. The largest absolute Gasteiger partial charge is 0.433 e. The SMILES string of the molecule is N=C1c2c(cnn2S(=O)(=O)c2ccc(C(F)(F)F)nc2)C2NC1c1ccccc12. The summed E-state index contributed by atoms with van der Waals surface area (Å²) in [5, 5.41) is 15.8. The first-order chi connectivity index (χ1) is 13.7. The third-order valence-corrected chi connectivity index (χ3v) is 6.69. The lowest BCUT2D eigenvalue weighted by atomic mass is 9.99. The Balaban J connectivity index is 1.62. The minimum Gasteiger partial charge on any atom is -0.301 e. The van der Waals surface area contributed by atoms with Crippen LogP contribution in [0.15, 0.2) is 53.7 Å². The lowest BCUT2D eigenvalue weighted by Crippen LogP contribution is -2.34. The molecule has 0 saturated carbocycles. The molecule has 2 aromatic heterocycles. The summed E-state index contributed by atoms with van der Waals surface area (Å²) in [5.74, 6) is 0. The highest BCUT2D eigenvalue weighted by atomic mass is 32.2. The maximum Gasteiger partial charge on any atom is 0.433 e. The number of hydrogen-bond donors (Lipinski definition) is 2. The van der Waals surface area contributed by atoms with Crippen molar-refractivity contribution in [1.29, 1.82) is 5.41 Å². The van der Waals surface area contributed by atoms with Crippen LogP contribution < -0.4 is 5.32 Å². The van der Waals surface area contributed by atoms with Crippen molar-refractivity contribution in [2.75, 3.05) is 0 Å². The van der Waals surface area contributed by atoms with E-state index in [1.807, 2.05) is 24.3 Å². The van der Waals surface area contributed by atoms with Crippen molar-refractivity contribution < 1.29 is 21.6 Å². The van der Waals surface area contributed by atoms with E-state index in [1.54, 1.807) is 0 Å². The molecule has 0 amide bonds. The van der Waals surface area contributed by atoms with Gasteiger partial charge in [0.1, 0.15) is 16.3 Å². The van der Waals surface area contributed by atoms with E-state index in [-0.39, 0.29) is 17.4 Å². The third-order valence-electron chi connectivity index (χ3n) is 5.12. The zero-order chi connectivity index (χ0) is 20.6. The van der Waals surface area contributed by atoms with Crippen LogP contribution in [0, 0.1) is 5.41 Å². The van der Waals surface area contributed by atoms with Crippen molar-refractivity contribution in [3.63, 3.8) is 0 Å². The van der Waals surface area contributed by atoms with Crippen LogP contribution in [0.4, 0.5) is 13.2 Å². The number of alkyl halides is 3. The molecule has 0 radical (unpaired) electrons. The first-order valence-electron chi connectivity index (χ1n) is 8.50. The Bertz CT molecular complexity index is 1270. The average Bonchev–Trinajstić information content (AvgIpc) is 3.28. The van der Waals surface area contributed by atoms with Gasteiger partial charge in [0.2, 0.25) is 0 Å². The number of aromatic nitrogens is 3. The number of nitrogens with zero attached hydrogens (tertiary/aromatic N) is 3. The number of halogens is 3. The topological polar surface area (TPSA) is 101 Å². The van der Waals surface area contributed by atoms with E-state index in [0.717, 1.165) is 17.2 Å². The molecule has 2 atom stereocenters. The molecule has 0 spiro atoms. The lowest BCUT2D eigenvalue weighted by molar-refractivity contribution is -0.141. The molecule has 5 rings (SSSR count). The highest BCUT2D eigenvalue weighted by Crippen LogP contribution is 2.44. The van der Waals surface area contributed by atoms with Gasteiger partial charge in [-0.2, -0.15) is 30.8 Å². The molecule has 4 heterocycles. The monoisotopic (exact) mass is 419 g/mol. The predicted octanol–water partition coefficient (Wildman–Crippen LogP) is 2.65. The van der Waals surface area contributed by atoms with Crippen LogP contribution in [-0.4, -0.2) is 28.3 Å². The molecule has 3 aromatic rings. The molecule has 2 N–H and O–H groups in total. The number of benzene rings is 1. The van der Waals surface area contributed by atoms with E-state index in [1.165, 1.54) is 6.20 Å². The smallest absolute Gasteiger partial charge is 0.301 e. The molecule has 1 aromatic carbocycles. The van der Waals surface area contributed by atoms with Gasteiger partial charge in [-0.3, -0.25) is 10.3 Å². The second-order valence-corrected chi connectivity index (χ2v) is 8.52. The molecule has 2 unspecified atom stereocenters. The van der Waals surface area contributed by atoms with Gasteiger partial charge in [-0.15, -0.1) is 0 Å². The Morgan fingerprint density at radius 3 is 2.31 bits per heavy atom. The highest BCUT2D eigenvalue weighted by Gasteiger charge is 2.44. The standard InChI is InChI=1S/C18H12F3N5O2S/c19-18(20,21)13-6-5-9(7-23-13)29(27,28)26-17-12(8-24-26)15-10-3-1-2-4-11(10)16(25-15)14(17)22/h1-8,15-16,22,25H. The normalized spacial score (nSPS) is 20.4. The Morgan fingerprint density at radius 1 is 1.00 bits per heavy atom. The van der Waals surface area contributed by atoms with Crippen molar-refractivity contribution in [3.8, 4) is 0 Å². The van der Waals surface area contributed by atoms with Crippen LogP contribution in [-0.2, 0) is 16.2 Å². The van der Waals surface area contributed by atoms with Crippen LogP contribution in [0.5, 0.6) is 0 Å². The first kappa shape index (κ1) is 18.0. The van der Waals surface area contributed by atoms with E-state index in [0.29, 0.717) is 21.9 Å². The van der Waals surface area contributed by atoms with Gasteiger partial charge in [-0.1, -0.05) is 24.3 Å². The second kappa shape index (κ2) is 5.74. The van der Waals surface area contributed by atoms with E-state index in [4.69, 9.17) is 5.41 Å². The van der Waals surface area contributed by atoms with Crippen LogP contribution in [0.3, 0.4) is 0 Å². The first-order valence-corrected chi connectivity index (χ1v) is 9.94. The zero-order valence-corrected chi connectivity index (χ0v) is 15.3. The summed E-state index contributed by atoms with van der Waals surface area (Å²) in [5.41, 5.74) is 1.31. The van der Waals surface area contributed by atoms with E-state index in [9.17, 15) is 21.6 Å². The molecule has 29 heavy (non-hydrogen) atoms. The van der Waals surface area contributed by atoms with Crippen molar-refractivity contribution >= 4 is 15.7 Å². The molecule has 0 fully saturated rings. The van der Waals surface area contributed by atoms with E-state index in [2.05, 4.69) is 15.4 Å². The lowest BCUT2D eigenvalue weighted by Gasteiger charge is -2.23. The van der Waals surface area contributed by atoms with Crippen LogP contribution >= 0.6 is 0 Å². The van der Waals surface area contributed by atoms with E-state index < -0.39 is 32.8 Å². The van der Waals surface area contributed by atoms with Gasteiger partial charge in [0.25, 0.3) is 10.0 Å². The van der Waals surface area contributed by atoms with Crippen molar-refractivity contribution in [1.82, 2.24) is 19.5 Å². The minimum absolute atomic E-state index is 0.0298. The Labute approximate surface area is 162 Å². The molecular formula is C18H12F3N5O2S. The summed E-state index contributed by atoms with van der Waals surface area (Å²) in [6, 6.07) is 8.13. The van der Waals surface area contributed by atoms with Gasteiger partial charge < -0.3 is 5.41 Å². The molecule has 0 saturated heterocycles. The molecular weight excluding hydrogens is 407 g/mol. The van der Waals surface area contributed by atoms with Gasteiger partial charge in [-0.05, 0) is 23.3 Å². The van der Waals surface area contributed by atoms with Gasteiger partial charge in [0.15, 0.2) is 0 Å². The van der Waals surface area contributed by atoms with Gasteiger partial charge in [-0.25, -0.2) is 0 Å². The summed E-state index contributed by atoms with van der Waals surface area (Å²) in [6.07, 6.45) is -2.65. The fourth-order valence-electron chi connectivity index (χ4n) is 3.81. The summed E-state index contributed by atoms with van der Waals surface area (Å²) in [7, 11) is -4.33. The number of rotatable bonds is 2. The van der Waals surface area contributed by atoms with Crippen LogP contribution in [0.1, 0.15) is 40.2 Å². The second-order valence-electron chi connectivity index (χ2n) is 6.75. The maximum absolute atomic E-state index is 13.0. The van der Waals surface area contributed by atoms with Crippen molar-refractivity contribution in [2.45, 2.75) is 23.2 Å². The minimum atomic E-state index is -4.67. The summed E-state index contributed by atoms with van der Waals surface area (Å²) in [4.78, 5) is 2.78. The molecule has 7 nitrogen and oxygen atoms in total. The molecule has 148 valence electrons. The molecule has 0 aliphatic carbocycles. The fourth-order valence-corrected chi connectivity index (χ4v) is 5.05.